The first kappa shape index (κ1) is 19.0. The topological polar surface area (TPSA) is 80.6 Å². The van der Waals surface area contributed by atoms with E-state index in [4.69, 9.17) is 9.15 Å². The van der Waals surface area contributed by atoms with Gasteiger partial charge in [-0.15, -0.1) is 0 Å². The highest BCUT2D eigenvalue weighted by Gasteiger charge is 2.26. The molecule has 6 heteroatoms. The van der Waals surface area contributed by atoms with Gasteiger partial charge in [-0.2, -0.15) is 0 Å². The lowest BCUT2D eigenvalue weighted by molar-refractivity contribution is -0.122. The molecule has 0 saturated carbocycles. The van der Waals surface area contributed by atoms with Crippen molar-refractivity contribution in [3.05, 3.63) is 35.6 Å². The van der Waals surface area contributed by atoms with Crippen LogP contribution in [0.4, 0.5) is 0 Å². The van der Waals surface area contributed by atoms with Gasteiger partial charge in [0.05, 0.1) is 6.61 Å². The predicted octanol–water partition coefficient (Wildman–Crippen LogP) is 2.86. The number of carbonyl (C=O) groups excluding carboxylic acids is 2. The number of benzene rings is 1. The number of para-hydroxylation sites is 1. The molecule has 0 bridgehead atoms. The van der Waals surface area contributed by atoms with Gasteiger partial charge < -0.3 is 19.8 Å². The van der Waals surface area contributed by atoms with Crippen LogP contribution in [0.15, 0.2) is 28.7 Å². The number of rotatable bonds is 8. The van der Waals surface area contributed by atoms with Crippen LogP contribution < -0.4 is 10.6 Å². The van der Waals surface area contributed by atoms with Gasteiger partial charge >= 0.3 is 0 Å². The minimum absolute atomic E-state index is 0.201. The Morgan fingerprint density at radius 2 is 1.96 bits per heavy atom. The maximum absolute atomic E-state index is 12.8. The molecule has 6 nitrogen and oxygen atoms in total. The van der Waals surface area contributed by atoms with Crippen molar-refractivity contribution in [3.8, 4) is 0 Å². The Labute approximate surface area is 147 Å². The average molecular weight is 346 g/mol. The SMILES string of the molecule is CCOCc1c(C(=O)N[C@H](CC(C)C)C(=O)NC)oc2ccccc12. The van der Waals surface area contributed by atoms with E-state index in [1.807, 2.05) is 45.0 Å². The molecule has 2 amide bonds. The largest absolute Gasteiger partial charge is 0.451 e. The monoisotopic (exact) mass is 346 g/mol. The summed E-state index contributed by atoms with van der Waals surface area (Å²) in [6.07, 6.45) is 0.548. The summed E-state index contributed by atoms with van der Waals surface area (Å²) < 4.78 is 11.2. The highest BCUT2D eigenvalue weighted by atomic mass is 16.5. The van der Waals surface area contributed by atoms with Crippen molar-refractivity contribution in [3.63, 3.8) is 0 Å². The standard InChI is InChI=1S/C19H26N2O4/c1-5-24-11-14-13-8-6-7-9-16(13)25-17(14)19(23)21-15(10-12(2)3)18(22)20-4/h6-9,12,15H,5,10-11H2,1-4H3,(H,20,22)(H,21,23)/t15-/m1/s1. The molecule has 0 aliphatic carbocycles. The highest BCUT2D eigenvalue weighted by molar-refractivity contribution is 6.01. The van der Waals surface area contributed by atoms with Gasteiger partial charge in [0.1, 0.15) is 11.6 Å². The quantitative estimate of drug-likeness (QED) is 0.770. The fourth-order valence-electron chi connectivity index (χ4n) is 2.73. The lowest BCUT2D eigenvalue weighted by Gasteiger charge is -2.18. The van der Waals surface area contributed by atoms with Gasteiger partial charge in [-0.25, -0.2) is 0 Å². The van der Waals surface area contributed by atoms with Crippen molar-refractivity contribution >= 4 is 22.8 Å². The summed E-state index contributed by atoms with van der Waals surface area (Å²) in [5.41, 5.74) is 1.33. The third-order valence-corrected chi connectivity index (χ3v) is 3.93. The molecule has 0 radical (unpaired) electrons. The number of amides is 2. The lowest BCUT2D eigenvalue weighted by Crippen LogP contribution is -2.46. The molecule has 0 unspecified atom stereocenters. The number of nitrogens with one attached hydrogen (secondary N) is 2. The van der Waals surface area contributed by atoms with E-state index in [0.29, 0.717) is 24.2 Å². The lowest BCUT2D eigenvalue weighted by atomic mass is 10.0. The van der Waals surface area contributed by atoms with Crippen LogP contribution in [-0.2, 0) is 16.1 Å². The maximum atomic E-state index is 12.8. The Kier molecular flexibility index (Phi) is 6.58. The van der Waals surface area contributed by atoms with Crippen molar-refractivity contribution < 1.29 is 18.7 Å². The summed E-state index contributed by atoms with van der Waals surface area (Å²) in [6, 6.07) is 6.84. The summed E-state index contributed by atoms with van der Waals surface area (Å²) in [7, 11) is 1.56. The Morgan fingerprint density at radius 3 is 2.60 bits per heavy atom. The van der Waals surface area contributed by atoms with Gasteiger partial charge in [0, 0.05) is 24.6 Å². The zero-order chi connectivity index (χ0) is 18.4. The van der Waals surface area contributed by atoms with Crippen molar-refractivity contribution in [2.75, 3.05) is 13.7 Å². The maximum Gasteiger partial charge on any atom is 0.288 e. The molecule has 1 atom stereocenters. The first-order chi connectivity index (χ1) is 12.0. The fourth-order valence-corrected chi connectivity index (χ4v) is 2.73. The Hall–Kier alpha value is -2.34. The highest BCUT2D eigenvalue weighted by Crippen LogP contribution is 2.27. The summed E-state index contributed by atoms with van der Waals surface area (Å²) in [5.74, 6) is -0.154. The van der Waals surface area contributed by atoms with E-state index in [-0.39, 0.29) is 24.2 Å². The third kappa shape index (κ3) is 4.60. The molecule has 1 aromatic carbocycles. The number of carbonyl (C=O) groups is 2. The van der Waals surface area contributed by atoms with Crippen LogP contribution >= 0.6 is 0 Å². The van der Waals surface area contributed by atoms with E-state index in [1.165, 1.54) is 0 Å². The first-order valence-corrected chi connectivity index (χ1v) is 8.58. The van der Waals surface area contributed by atoms with Crippen molar-refractivity contribution in [1.82, 2.24) is 10.6 Å². The average Bonchev–Trinajstić information content (AvgIpc) is 2.97. The second-order valence-electron chi connectivity index (χ2n) is 6.31. The van der Waals surface area contributed by atoms with Crippen LogP contribution in [-0.4, -0.2) is 31.5 Å². The molecule has 0 aliphatic heterocycles. The Balaban J connectivity index is 2.32. The van der Waals surface area contributed by atoms with Crippen molar-refractivity contribution in [2.24, 2.45) is 5.92 Å². The zero-order valence-electron chi connectivity index (χ0n) is 15.2. The Morgan fingerprint density at radius 1 is 1.24 bits per heavy atom. The van der Waals surface area contributed by atoms with Gasteiger partial charge in [-0.05, 0) is 25.3 Å². The summed E-state index contributed by atoms with van der Waals surface area (Å²) in [5, 5.41) is 6.24. The van der Waals surface area contributed by atoms with Crippen LogP contribution in [0, 0.1) is 5.92 Å². The fraction of sp³-hybridized carbons (Fsp3) is 0.474. The van der Waals surface area contributed by atoms with Crippen LogP contribution in [0.1, 0.15) is 43.3 Å². The van der Waals surface area contributed by atoms with E-state index < -0.39 is 11.9 Å². The minimum Gasteiger partial charge on any atom is -0.451 e. The molecule has 2 N–H and O–H groups in total. The van der Waals surface area contributed by atoms with Gasteiger partial charge in [0.25, 0.3) is 5.91 Å². The molecule has 1 aromatic heterocycles. The molecule has 1 heterocycles. The van der Waals surface area contributed by atoms with E-state index in [2.05, 4.69) is 10.6 Å². The molecule has 0 spiro atoms. The molecule has 2 aromatic rings. The number of ether oxygens (including phenoxy) is 1. The van der Waals surface area contributed by atoms with E-state index >= 15 is 0 Å². The normalized spacial score (nSPS) is 12.4. The summed E-state index contributed by atoms with van der Waals surface area (Å²) in [4.78, 5) is 24.8. The molecular formula is C19H26N2O4. The predicted molar refractivity (Wildman–Crippen MR) is 96.3 cm³/mol. The number of likely N-dealkylation sites (N-methyl/N-ethyl adjacent to an activating group) is 1. The Bertz CT molecular complexity index is 736. The number of fused-ring (bicyclic) bond motifs is 1. The van der Waals surface area contributed by atoms with Gasteiger partial charge in [-0.3, -0.25) is 9.59 Å². The van der Waals surface area contributed by atoms with Gasteiger partial charge in [-0.1, -0.05) is 32.0 Å². The molecule has 0 aliphatic rings. The molecular weight excluding hydrogens is 320 g/mol. The summed E-state index contributed by atoms with van der Waals surface area (Å²) in [6.45, 7) is 6.72. The number of hydrogen-bond acceptors (Lipinski definition) is 4. The minimum atomic E-state index is -0.606. The number of furan rings is 1. The number of hydrogen-bond donors (Lipinski definition) is 2. The van der Waals surface area contributed by atoms with Crippen LogP contribution in [0.5, 0.6) is 0 Å². The van der Waals surface area contributed by atoms with Crippen molar-refractivity contribution in [2.45, 2.75) is 39.8 Å². The summed E-state index contributed by atoms with van der Waals surface area (Å²) >= 11 is 0. The molecule has 0 saturated heterocycles. The smallest absolute Gasteiger partial charge is 0.288 e. The molecule has 25 heavy (non-hydrogen) atoms. The first-order valence-electron chi connectivity index (χ1n) is 8.58. The van der Waals surface area contributed by atoms with Crippen LogP contribution in [0.25, 0.3) is 11.0 Å². The third-order valence-electron chi connectivity index (χ3n) is 3.93. The second-order valence-corrected chi connectivity index (χ2v) is 6.31. The van der Waals surface area contributed by atoms with Gasteiger partial charge in [0.2, 0.25) is 5.91 Å². The van der Waals surface area contributed by atoms with Crippen LogP contribution in [0.3, 0.4) is 0 Å². The van der Waals surface area contributed by atoms with Crippen LogP contribution in [0.2, 0.25) is 0 Å². The van der Waals surface area contributed by atoms with Crippen molar-refractivity contribution in [1.29, 1.82) is 0 Å². The zero-order valence-corrected chi connectivity index (χ0v) is 15.2. The molecule has 0 fully saturated rings. The van der Waals surface area contributed by atoms with E-state index in [9.17, 15) is 9.59 Å². The molecule has 136 valence electrons. The van der Waals surface area contributed by atoms with Gasteiger partial charge in [0.15, 0.2) is 5.76 Å². The van der Waals surface area contributed by atoms with E-state index in [0.717, 1.165) is 5.39 Å². The van der Waals surface area contributed by atoms with E-state index in [1.54, 1.807) is 7.05 Å². The second kappa shape index (κ2) is 8.67. The molecule has 2 rings (SSSR count).